The average Bonchev–Trinajstić information content (AvgIpc) is 2.81. The van der Waals surface area contributed by atoms with Crippen LogP contribution in [0.5, 0.6) is 0 Å². The molecule has 2 heteroatoms. The number of hydrogen-bond donors (Lipinski definition) is 2. The van der Waals surface area contributed by atoms with Crippen LogP contribution in [0, 0.1) is 0 Å². The van der Waals surface area contributed by atoms with Crippen LogP contribution in [0.4, 0.5) is 0 Å². The summed E-state index contributed by atoms with van der Waals surface area (Å²) in [6, 6.07) is 32.8. The fourth-order valence-electron chi connectivity index (χ4n) is 5.77. The average molecular weight is 399 g/mol. The van der Waals surface area contributed by atoms with E-state index in [1.165, 1.54) is 49.9 Å². The maximum atomic E-state index is 2.74. The number of aryl methyl sites for hydroxylation is 1. The minimum Gasteiger partial charge on any atom is -0.337 e. The molecule has 0 spiro atoms. The second-order valence-corrected chi connectivity index (χ2v) is 9.23. The normalized spacial score (nSPS) is 26.1. The molecule has 3 N–H and O–H groups in total. The third-order valence-electron chi connectivity index (χ3n) is 7.28. The predicted molar refractivity (Wildman–Crippen MR) is 122 cm³/mol. The van der Waals surface area contributed by atoms with Gasteiger partial charge in [-0.25, -0.2) is 0 Å². The van der Waals surface area contributed by atoms with Crippen molar-refractivity contribution in [3.05, 3.63) is 107 Å². The summed E-state index contributed by atoms with van der Waals surface area (Å²) in [6.07, 6.45) is 5.19. The summed E-state index contributed by atoms with van der Waals surface area (Å²) < 4.78 is 0. The molecule has 1 aliphatic carbocycles. The van der Waals surface area contributed by atoms with Crippen molar-refractivity contribution in [3.8, 4) is 0 Å². The van der Waals surface area contributed by atoms with Crippen molar-refractivity contribution in [2.45, 2.75) is 50.2 Å². The Kier molecular flexibility index (Phi) is 5.96. The topological polar surface area (TPSA) is 21.1 Å². The molecule has 0 aromatic heterocycles. The van der Waals surface area contributed by atoms with E-state index < -0.39 is 0 Å². The predicted octanol–water partition coefficient (Wildman–Crippen LogP) is 3.27. The summed E-state index contributed by atoms with van der Waals surface area (Å²) in [5.74, 6) is 0.618. The van der Waals surface area contributed by atoms with Gasteiger partial charge >= 0.3 is 0 Å². The highest BCUT2D eigenvalue weighted by molar-refractivity contribution is 5.31. The Balaban J connectivity index is 1.35. The number of piperidine rings is 1. The Labute approximate surface area is 180 Å². The van der Waals surface area contributed by atoms with Gasteiger partial charge in [-0.05, 0) is 24.0 Å². The minimum absolute atomic E-state index is 0.618. The van der Waals surface area contributed by atoms with E-state index in [1.54, 1.807) is 16.0 Å². The molecule has 3 aromatic rings. The summed E-state index contributed by atoms with van der Waals surface area (Å²) in [6.45, 7) is 3.64. The molecule has 4 atom stereocenters. The maximum absolute atomic E-state index is 2.74. The number of rotatable bonds is 5. The van der Waals surface area contributed by atoms with E-state index in [-0.39, 0.29) is 0 Å². The molecule has 5 rings (SSSR count). The first kappa shape index (κ1) is 19.5. The molecule has 1 unspecified atom stereocenters. The number of quaternary nitrogens is 2. The summed E-state index contributed by atoms with van der Waals surface area (Å²) in [7, 11) is 0. The second-order valence-electron chi connectivity index (χ2n) is 9.23. The molecule has 1 saturated heterocycles. The van der Waals surface area contributed by atoms with Crippen LogP contribution in [-0.2, 0) is 13.0 Å². The van der Waals surface area contributed by atoms with Crippen molar-refractivity contribution in [1.29, 1.82) is 0 Å². The van der Waals surface area contributed by atoms with Crippen molar-refractivity contribution in [1.82, 2.24) is 0 Å². The molecule has 1 heterocycles. The van der Waals surface area contributed by atoms with Gasteiger partial charge in [-0.2, -0.15) is 0 Å². The van der Waals surface area contributed by atoms with E-state index >= 15 is 0 Å². The maximum Gasteiger partial charge on any atom is 0.112 e. The highest BCUT2D eigenvalue weighted by Gasteiger charge is 2.38. The van der Waals surface area contributed by atoms with Crippen LogP contribution < -0.4 is 10.2 Å². The van der Waals surface area contributed by atoms with E-state index in [9.17, 15) is 0 Å². The third kappa shape index (κ3) is 4.35. The fourth-order valence-corrected chi connectivity index (χ4v) is 5.77. The van der Waals surface area contributed by atoms with E-state index in [2.05, 4.69) is 90.2 Å². The molecule has 0 amide bonds. The molecular weight excluding hydrogens is 364 g/mol. The van der Waals surface area contributed by atoms with Crippen molar-refractivity contribution in [2.24, 2.45) is 0 Å². The van der Waals surface area contributed by atoms with Gasteiger partial charge in [-0.3, -0.25) is 0 Å². The Morgan fingerprint density at radius 2 is 1.53 bits per heavy atom. The van der Waals surface area contributed by atoms with Crippen molar-refractivity contribution in [3.63, 3.8) is 0 Å². The molecular formula is C28H34N2+2. The zero-order chi connectivity index (χ0) is 20.2. The first-order valence-corrected chi connectivity index (χ1v) is 11.7. The summed E-state index contributed by atoms with van der Waals surface area (Å²) in [5, 5.41) is 2.74. The van der Waals surface area contributed by atoms with Crippen LogP contribution in [0.3, 0.4) is 0 Å². The lowest BCUT2D eigenvalue weighted by Gasteiger charge is -2.37. The van der Waals surface area contributed by atoms with Crippen molar-refractivity contribution >= 4 is 0 Å². The monoisotopic (exact) mass is 398 g/mol. The standard InChI is InChI=1S/C28H32N2/c1-3-10-22(11-4-1)20-30-19-18-28(26(21-30)24-12-5-2-6-13-24)29-27-17-9-15-23-14-7-8-16-25(23)27/h1-8,10-14,16,26-29H,9,15,17-21H2/p+2/t26-,27+,28+/m0/s1. The lowest BCUT2D eigenvalue weighted by atomic mass is 9.82. The Morgan fingerprint density at radius 3 is 2.37 bits per heavy atom. The zero-order valence-electron chi connectivity index (χ0n) is 17.8. The van der Waals surface area contributed by atoms with Gasteiger partial charge in [0.25, 0.3) is 0 Å². The van der Waals surface area contributed by atoms with Gasteiger partial charge in [0.1, 0.15) is 18.6 Å². The molecule has 2 nitrogen and oxygen atoms in total. The number of hydrogen-bond acceptors (Lipinski definition) is 0. The van der Waals surface area contributed by atoms with Crippen LogP contribution in [0.15, 0.2) is 84.9 Å². The molecule has 154 valence electrons. The quantitative estimate of drug-likeness (QED) is 0.658. The second kappa shape index (κ2) is 9.16. The Hall–Kier alpha value is -2.42. The molecule has 0 saturated carbocycles. The van der Waals surface area contributed by atoms with Crippen LogP contribution in [0.25, 0.3) is 0 Å². The minimum atomic E-state index is 0.618. The SMILES string of the molecule is c1ccc(C[NH+]2CC[C@@H]([NH2+][C@@H]3CCCc4ccccc43)[C@H](c3ccccc3)C2)cc1. The number of nitrogens with two attached hydrogens (primary N) is 1. The first-order chi connectivity index (χ1) is 14.9. The lowest BCUT2D eigenvalue weighted by Crippen LogP contribution is -3.14. The smallest absolute Gasteiger partial charge is 0.112 e. The molecule has 1 aliphatic heterocycles. The van der Waals surface area contributed by atoms with Crippen LogP contribution in [0.1, 0.15) is 53.5 Å². The Morgan fingerprint density at radius 1 is 0.800 bits per heavy atom. The molecule has 3 aromatic carbocycles. The molecule has 0 radical (unpaired) electrons. The molecule has 0 bridgehead atoms. The van der Waals surface area contributed by atoms with Gasteiger partial charge in [-0.1, -0.05) is 84.9 Å². The largest absolute Gasteiger partial charge is 0.337 e. The van der Waals surface area contributed by atoms with Gasteiger partial charge in [-0.15, -0.1) is 0 Å². The fraction of sp³-hybridized carbons (Fsp3) is 0.357. The van der Waals surface area contributed by atoms with Crippen molar-refractivity contribution < 1.29 is 10.2 Å². The van der Waals surface area contributed by atoms with E-state index in [4.69, 9.17) is 0 Å². The number of fused-ring (bicyclic) bond motifs is 1. The lowest BCUT2D eigenvalue weighted by molar-refractivity contribution is -0.929. The van der Waals surface area contributed by atoms with Crippen molar-refractivity contribution in [2.75, 3.05) is 13.1 Å². The Bertz CT molecular complexity index is 937. The van der Waals surface area contributed by atoms with Gasteiger partial charge < -0.3 is 10.2 Å². The number of nitrogens with one attached hydrogen (secondary N) is 1. The molecule has 2 aliphatic rings. The van der Waals surface area contributed by atoms with Gasteiger partial charge in [0.2, 0.25) is 0 Å². The van der Waals surface area contributed by atoms with E-state index in [1.807, 2.05) is 0 Å². The number of benzene rings is 3. The summed E-state index contributed by atoms with van der Waals surface area (Å²) in [4.78, 5) is 1.73. The molecule has 30 heavy (non-hydrogen) atoms. The van der Waals surface area contributed by atoms with Crippen LogP contribution in [0.2, 0.25) is 0 Å². The molecule has 1 fully saturated rings. The highest BCUT2D eigenvalue weighted by atomic mass is 15.2. The summed E-state index contributed by atoms with van der Waals surface area (Å²) >= 11 is 0. The van der Waals surface area contributed by atoms with E-state index in [0.29, 0.717) is 18.0 Å². The summed E-state index contributed by atoms with van der Waals surface area (Å²) in [5.41, 5.74) is 6.15. The van der Waals surface area contributed by atoms with Gasteiger partial charge in [0, 0.05) is 24.0 Å². The first-order valence-electron chi connectivity index (χ1n) is 11.7. The highest BCUT2D eigenvalue weighted by Crippen LogP contribution is 2.28. The van der Waals surface area contributed by atoms with Crippen LogP contribution >= 0.6 is 0 Å². The van der Waals surface area contributed by atoms with Crippen LogP contribution in [-0.4, -0.2) is 19.1 Å². The van der Waals surface area contributed by atoms with Gasteiger partial charge in [0.15, 0.2) is 0 Å². The zero-order valence-corrected chi connectivity index (χ0v) is 17.8. The van der Waals surface area contributed by atoms with E-state index in [0.717, 1.165) is 6.54 Å². The third-order valence-corrected chi connectivity index (χ3v) is 7.28. The van der Waals surface area contributed by atoms with Gasteiger partial charge in [0.05, 0.1) is 19.0 Å². The number of likely N-dealkylation sites (tertiary alicyclic amines) is 1.